The molecule has 8 heteroatoms. The molecule has 1 aliphatic rings. The standard InChI is InChI=1S/C23H27Cl2N3O3/c1-16-4-7-21-18(13-16)23(30)27-8-11-28(10-2-3-22(29)26-9-12-31-21)15-17-5-6-19(24)20(25)14-17/h4-7,13-14H,2-3,8-12,15H2,1H3,(H,26,29)(H,27,30). The SMILES string of the molecule is Cc1ccc2c(c1)C(=O)NCCN(Cc1ccc(Cl)c(Cl)c1)CCCC(=O)NCCO2. The highest BCUT2D eigenvalue weighted by Crippen LogP contribution is 2.23. The quantitative estimate of drug-likeness (QED) is 0.709. The normalized spacial score (nSPS) is 16.9. The van der Waals surface area contributed by atoms with E-state index in [2.05, 4.69) is 15.5 Å². The summed E-state index contributed by atoms with van der Waals surface area (Å²) < 4.78 is 5.75. The molecule has 0 aromatic heterocycles. The molecule has 2 N–H and O–H groups in total. The number of halogens is 2. The average molecular weight is 464 g/mol. The van der Waals surface area contributed by atoms with Crippen LogP contribution < -0.4 is 15.4 Å². The van der Waals surface area contributed by atoms with Gasteiger partial charge in [0, 0.05) is 26.1 Å². The summed E-state index contributed by atoms with van der Waals surface area (Å²) in [7, 11) is 0. The summed E-state index contributed by atoms with van der Waals surface area (Å²) in [5.74, 6) is 0.332. The van der Waals surface area contributed by atoms with Gasteiger partial charge in [0.2, 0.25) is 5.91 Å². The fraction of sp³-hybridized carbons (Fsp3) is 0.391. The summed E-state index contributed by atoms with van der Waals surface area (Å²) in [6, 6.07) is 11.1. The van der Waals surface area contributed by atoms with E-state index in [-0.39, 0.29) is 11.8 Å². The van der Waals surface area contributed by atoms with E-state index >= 15 is 0 Å². The first kappa shape index (κ1) is 23.4. The third-order valence-corrected chi connectivity index (χ3v) is 5.78. The van der Waals surface area contributed by atoms with Crippen LogP contribution in [-0.4, -0.2) is 49.5 Å². The van der Waals surface area contributed by atoms with E-state index in [9.17, 15) is 9.59 Å². The highest BCUT2D eigenvalue weighted by atomic mass is 35.5. The number of nitrogens with zero attached hydrogens (tertiary/aromatic N) is 1. The van der Waals surface area contributed by atoms with Crippen molar-refractivity contribution in [3.8, 4) is 5.75 Å². The Morgan fingerprint density at radius 1 is 1.00 bits per heavy atom. The molecule has 1 aliphatic heterocycles. The summed E-state index contributed by atoms with van der Waals surface area (Å²) in [5, 5.41) is 6.89. The number of hydrogen-bond donors (Lipinski definition) is 2. The molecule has 2 aromatic rings. The smallest absolute Gasteiger partial charge is 0.255 e. The van der Waals surface area contributed by atoms with E-state index < -0.39 is 0 Å². The van der Waals surface area contributed by atoms with Gasteiger partial charge in [0.15, 0.2) is 0 Å². The van der Waals surface area contributed by atoms with E-state index in [1.807, 2.05) is 31.2 Å². The van der Waals surface area contributed by atoms with Gasteiger partial charge in [-0.15, -0.1) is 0 Å². The van der Waals surface area contributed by atoms with E-state index in [4.69, 9.17) is 27.9 Å². The Balaban J connectivity index is 1.73. The third kappa shape index (κ3) is 7.13. The van der Waals surface area contributed by atoms with Crippen LogP contribution in [0, 0.1) is 6.92 Å². The van der Waals surface area contributed by atoms with Gasteiger partial charge in [-0.25, -0.2) is 0 Å². The predicted molar refractivity (Wildman–Crippen MR) is 123 cm³/mol. The molecule has 0 bridgehead atoms. The second-order valence-corrected chi connectivity index (χ2v) is 8.40. The van der Waals surface area contributed by atoms with Gasteiger partial charge < -0.3 is 15.4 Å². The molecular formula is C23H27Cl2N3O3. The first-order chi connectivity index (χ1) is 14.9. The molecule has 6 nitrogen and oxygen atoms in total. The number of benzene rings is 2. The molecule has 0 saturated carbocycles. The number of carbonyl (C=O) groups excluding carboxylic acids is 2. The zero-order chi connectivity index (χ0) is 22.2. The van der Waals surface area contributed by atoms with Crippen LogP contribution in [0.25, 0.3) is 0 Å². The van der Waals surface area contributed by atoms with Crippen molar-refractivity contribution >= 4 is 35.0 Å². The number of carbonyl (C=O) groups is 2. The van der Waals surface area contributed by atoms with E-state index in [1.165, 1.54) is 0 Å². The monoisotopic (exact) mass is 463 g/mol. The van der Waals surface area contributed by atoms with Gasteiger partial charge in [0.05, 0.1) is 22.2 Å². The maximum absolute atomic E-state index is 12.8. The summed E-state index contributed by atoms with van der Waals surface area (Å²) >= 11 is 12.2. The Hall–Kier alpha value is -2.28. The lowest BCUT2D eigenvalue weighted by Gasteiger charge is -2.23. The molecule has 3 rings (SSSR count). The van der Waals surface area contributed by atoms with Crippen LogP contribution >= 0.6 is 23.2 Å². The summed E-state index contributed by atoms with van der Waals surface area (Å²) in [5.41, 5.74) is 2.50. The minimum absolute atomic E-state index is 0.00806. The molecule has 0 aliphatic carbocycles. The van der Waals surface area contributed by atoms with Gasteiger partial charge in [0.25, 0.3) is 5.91 Å². The minimum Gasteiger partial charge on any atom is -0.491 e. The van der Waals surface area contributed by atoms with Crippen LogP contribution in [0.1, 0.15) is 34.3 Å². The van der Waals surface area contributed by atoms with Gasteiger partial charge in [-0.05, 0) is 49.7 Å². The van der Waals surface area contributed by atoms with Gasteiger partial charge >= 0.3 is 0 Å². The number of ether oxygens (including phenoxy) is 1. The highest BCUT2D eigenvalue weighted by Gasteiger charge is 2.15. The van der Waals surface area contributed by atoms with Crippen molar-refractivity contribution in [2.45, 2.75) is 26.3 Å². The largest absolute Gasteiger partial charge is 0.491 e. The van der Waals surface area contributed by atoms with Crippen LogP contribution in [0.15, 0.2) is 36.4 Å². The molecular weight excluding hydrogens is 437 g/mol. The summed E-state index contributed by atoms with van der Waals surface area (Å²) in [6.45, 7) is 5.10. The Labute approximate surface area is 192 Å². The van der Waals surface area contributed by atoms with E-state index in [0.717, 1.165) is 17.7 Å². The van der Waals surface area contributed by atoms with Gasteiger partial charge in [0.1, 0.15) is 12.4 Å². The van der Waals surface area contributed by atoms with Gasteiger partial charge in [-0.3, -0.25) is 14.5 Å². The van der Waals surface area contributed by atoms with Crippen LogP contribution in [0.3, 0.4) is 0 Å². The van der Waals surface area contributed by atoms with Crippen molar-refractivity contribution in [1.82, 2.24) is 15.5 Å². The molecule has 2 amide bonds. The maximum atomic E-state index is 12.8. The molecule has 2 aromatic carbocycles. The number of rotatable bonds is 2. The van der Waals surface area contributed by atoms with Crippen molar-refractivity contribution in [3.05, 3.63) is 63.1 Å². The van der Waals surface area contributed by atoms with Crippen molar-refractivity contribution < 1.29 is 14.3 Å². The molecule has 0 radical (unpaired) electrons. The predicted octanol–water partition coefficient (Wildman–Crippen LogP) is 3.82. The molecule has 0 spiro atoms. The molecule has 166 valence electrons. The van der Waals surface area contributed by atoms with Crippen molar-refractivity contribution in [3.63, 3.8) is 0 Å². The average Bonchev–Trinajstić information content (AvgIpc) is 2.74. The Kier molecular flexibility index (Phi) is 8.58. The van der Waals surface area contributed by atoms with Crippen LogP contribution in [0.4, 0.5) is 0 Å². The van der Waals surface area contributed by atoms with Gasteiger partial charge in [-0.2, -0.15) is 0 Å². The molecule has 0 unspecified atom stereocenters. The number of nitrogens with one attached hydrogen (secondary N) is 2. The van der Waals surface area contributed by atoms with Gasteiger partial charge in [-0.1, -0.05) is 40.9 Å². The Bertz CT molecular complexity index is 936. The highest BCUT2D eigenvalue weighted by molar-refractivity contribution is 6.42. The van der Waals surface area contributed by atoms with Crippen molar-refractivity contribution in [2.24, 2.45) is 0 Å². The first-order valence-corrected chi connectivity index (χ1v) is 11.1. The second kappa shape index (κ2) is 11.4. The lowest BCUT2D eigenvalue weighted by molar-refractivity contribution is -0.121. The molecule has 0 fully saturated rings. The third-order valence-electron chi connectivity index (χ3n) is 5.04. The number of hydrogen-bond acceptors (Lipinski definition) is 4. The Morgan fingerprint density at radius 2 is 1.84 bits per heavy atom. The minimum atomic E-state index is -0.174. The molecule has 31 heavy (non-hydrogen) atoms. The van der Waals surface area contributed by atoms with E-state index in [0.29, 0.717) is 67.0 Å². The van der Waals surface area contributed by atoms with Crippen molar-refractivity contribution in [1.29, 1.82) is 0 Å². The van der Waals surface area contributed by atoms with Crippen molar-refractivity contribution in [2.75, 3.05) is 32.8 Å². The van der Waals surface area contributed by atoms with Crippen LogP contribution in [-0.2, 0) is 11.3 Å². The Morgan fingerprint density at radius 3 is 2.65 bits per heavy atom. The lowest BCUT2D eigenvalue weighted by atomic mass is 10.1. The fourth-order valence-electron chi connectivity index (χ4n) is 3.44. The number of amides is 2. The van der Waals surface area contributed by atoms with E-state index in [1.54, 1.807) is 12.1 Å². The zero-order valence-electron chi connectivity index (χ0n) is 17.5. The first-order valence-electron chi connectivity index (χ1n) is 10.4. The van der Waals surface area contributed by atoms with Crippen LogP contribution in [0.2, 0.25) is 10.0 Å². The second-order valence-electron chi connectivity index (χ2n) is 7.58. The summed E-state index contributed by atoms with van der Waals surface area (Å²) in [4.78, 5) is 27.1. The molecule has 1 heterocycles. The molecule has 0 saturated heterocycles. The maximum Gasteiger partial charge on any atom is 0.255 e. The summed E-state index contributed by atoms with van der Waals surface area (Å²) in [6.07, 6.45) is 1.14. The fourth-order valence-corrected chi connectivity index (χ4v) is 3.76. The van der Waals surface area contributed by atoms with Crippen LogP contribution in [0.5, 0.6) is 5.75 Å². The molecule has 0 atom stereocenters. The lowest BCUT2D eigenvalue weighted by Crippen LogP contribution is -2.35. The number of aryl methyl sites for hydroxylation is 1. The number of fused-ring (bicyclic) bond motifs is 1. The topological polar surface area (TPSA) is 70.7 Å². The zero-order valence-corrected chi connectivity index (χ0v) is 19.1.